The van der Waals surface area contributed by atoms with Crippen LogP contribution in [0, 0.1) is 0 Å². The van der Waals surface area contributed by atoms with E-state index in [1.807, 2.05) is 38.1 Å². The summed E-state index contributed by atoms with van der Waals surface area (Å²) >= 11 is 0. The Balaban J connectivity index is 1.57. The highest BCUT2D eigenvalue weighted by molar-refractivity contribution is 5.91. The maximum atomic E-state index is 12.4. The lowest BCUT2D eigenvalue weighted by molar-refractivity contribution is 0.0919. The summed E-state index contributed by atoms with van der Waals surface area (Å²) in [5.41, 5.74) is 0.944. The van der Waals surface area contributed by atoms with Gasteiger partial charge in [0.05, 0.1) is 19.8 Å². The van der Waals surface area contributed by atoms with E-state index in [9.17, 15) is 4.79 Å². The van der Waals surface area contributed by atoms with Crippen LogP contribution in [0.5, 0.6) is 11.5 Å². The standard InChI is InChI=1S/C21H28N2O4/c1-3-25-18-9-7-16(13-20(18)26-4-2)14-22-21(24)19-10-8-17(27-19)15-23-11-5-6-12-23/h7-10,13H,3-6,11-12,14-15H2,1-2H3,(H,22,24). The van der Waals surface area contributed by atoms with E-state index in [0.29, 0.717) is 37.0 Å². The molecule has 1 aliphatic heterocycles. The van der Waals surface area contributed by atoms with Crippen LogP contribution in [0.15, 0.2) is 34.7 Å². The van der Waals surface area contributed by atoms with E-state index in [2.05, 4.69) is 10.2 Å². The second-order valence-electron chi connectivity index (χ2n) is 6.58. The Kier molecular flexibility index (Phi) is 6.76. The molecule has 1 saturated heterocycles. The number of benzene rings is 1. The maximum absolute atomic E-state index is 12.4. The minimum atomic E-state index is -0.213. The van der Waals surface area contributed by atoms with Crippen molar-refractivity contribution in [2.24, 2.45) is 0 Å². The first-order chi connectivity index (χ1) is 13.2. The molecule has 0 aliphatic carbocycles. The molecule has 1 amide bonds. The summed E-state index contributed by atoms with van der Waals surface area (Å²) in [5.74, 6) is 2.38. The van der Waals surface area contributed by atoms with Gasteiger partial charge in [-0.1, -0.05) is 6.07 Å². The van der Waals surface area contributed by atoms with Crippen LogP contribution in [0.4, 0.5) is 0 Å². The topological polar surface area (TPSA) is 63.9 Å². The lowest BCUT2D eigenvalue weighted by Gasteiger charge is -2.13. The molecule has 146 valence electrons. The fraction of sp³-hybridized carbons (Fsp3) is 0.476. The van der Waals surface area contributed by atoms with Crippen LogP contribution < -0.4 is 14.8 Å². The van der Waals surface area contributed by atoms with E-state index in [4.69, 9.17) is 13.9 Å². The highest BCUT2D eigenvalue weighted by Crippen LogP contribution is 2.28. The van der Waals surface area contributed by atoms with Crippen molar-refractivity contribution >= 4 is 5.91 Å². The first-order valence-electron chi connectivity index (χ1n) is 9.67. The maximum Gasteiger partial charge on any atom is 0.287 e. The third-order valence-corrected chi connectivity index (χ3v) is 4.52. The normalized spacial score (nSPS) is 14.3. The Bertz CT molecular complexity index is 750. The number of carbonyl (C=O) groups excluding carboxylic acids is 1. The first kappa shape index (κ1) is 19.3. The van der Waals surface area contributed by atoms with Crippen LogP contribution in [0.1, 0.15) is 48.6 Å². The van der Waals surface area contributed by atoms with E-state index in [1.54, 1.807) is 6.07 Å². The minimum absolute atomic E-state index is 0.213. The zero-order chi connectivity index (χ0) is 19.1. The van der Waals surface area contributed by atoms with Crippen molar-refractivity contribution < 1.29 is 18.7 Å². The number of rotatable bonds is 9. The van der Waals surface area contributed by atoms with Gasteiger partial charge < -0.3 is 19.2 Å². The number of hydrogen-bond donors (Lipinski definition) is 1. The van der Waals surface area contributed by atoms with E-state index in [-0.39, 0.29) is 5.91 Å². The van der Waals surface area contributed by atoms with Gasteiger partial charge in [-0.25, -0.2) is 0 Å². The number of amides is 1. The summed E-state index contributed by atoms with van der Waals surface area (Å²) in [7, 11) is 0. The predicted molar refractivity (Wildman–Crippen MR) is 103 cm³/mol. The molecule has 6 heteroatoms. The number of likely N-dealkylation sites (tertiary alicyclic amines) is 1. The molecule has 0 saturated carbocycles. The fourth-order valence-corrected chi connectivity index (χ4v) is 3.22. The molecule has 2 aromatic rings. The quantitative estimate of drug-likeness (QED) is 0.729. The Labute approximate surface area is 160 Å². The number of carbonyl (C=O) groups is 1. The Morgan fingerprint density at radius 1 is 1.07 bits per heavy atom. The van der Waals surface area contributed by atoms with Crippen molar-refractivity contribution in [3.05, 3.63) is 47.4 Å². The molecule has 0 radical (unpaired) electrons. The zero-order valence-electron chi connectivity index (χ0n) is 16.1. The number of furan rings is 1. The van der Waals surface area contributed by atoms with Crippen molar-refractivity contribution in [2.45, 2.75) is 39.8 Å². The smallest absolute Gasteiger partial charge is 0.287 e. The highest BCUT2D eigenvalue weighted by Gasteiger charge is 2.16. The minimum Gasteiger partial charge on any atom is -0.490 e. The SMILES string of the molecule is CCOc1ccc(CNC(=O)c2ccc(CN3CCCC3)o2)cc1OCC. The van der Waals surface area contributed by atoms with Gasteiger partial charge in [0.1, 0.15) is 5.76 Å². The Morgan fingerprint density at radius 3 is 2.56 bits per heavy atom. The van der Waals surface area contributed by atoms with Gasteiger partial charge in [-0.2, -0.15) is 0 Å². The van der Waals surface area contributed by atoms with E-state index >= 15 is 0 Å². The van der Waals surface area contributed by atoms with Crippen molar-refractivity contribution in [1.29, 1.82) is 0 Å². The van der Waals surface area contributed by atoms with Crippen LogP contribution in [-0.2, 0) is 13.1 Å². The summed E-state index contributed by atoms with van der Waals surface area (Å²) in [6.45, 7) is 8.37. The molecule has 2 heterocycles. The van der Waals surface area contributed by atoms with Gasteiger partial charge in [0.15, 0.2) is 17.3 Å². The van der Waals surface area contributed by atoms with Crippen LogP contribution >= 0.6 is 0 Å². The molecule has 0 bridgehead atoms. The molecule has 0 atom stereocenters. The lowest BCUT2D eigenvalue weighted by Crippen LogP contribution is -2.22. The largest absolute Gasteiger partial charge is 0.490 e. The summed E-state index contributed by atoms with van der Waals surface area (Å²) in [5, 5.41) is 2.90. The molecule has 1 N–H and O–H groups in total. The predicted octanol–water partition coefficient (Wildman–Crippen LogP) is 3.60. The summed E-state index contributed by atoms with van der Waals surface area (Å²) in [6.07, 6.45) is 2.47. The molecule has 3 rings (SSSR count). The summed E-state index contributed by atoms with van der Waals surface area (Å²) in [4.78, 5) is 14.7. The summed E-state index contributed by atoms with van der Waals surface area (Å²) < 4.78 is 16.9. The number of nitrogens with zero attached hydrogens (tertiary/aromatic N) is 1. The van der Waals surface area contributed by atoms with Crippen molar-refractivity contribution in [2.75, 3.05) is 26.3 Å². The van der Waals surface area contributed by atoms with Gasteiger partial charge in [0.2, 0.25) is 0 Å². The monoisotopic (exact) mass is 372 g/mol. The zero-order valence-corrected chi connectivity index (χ0v) is 16.1. The molecule has 1 aromatic heterocycles. The second kappa shape index (κ2) is 9.46. The van der Waals surface area contributed by atoms with Crippen molar-refractivity contribution in [3.63, 3.8) is 0 Å². The van der Waals surface area contributed by atoms with Crippen LogP contribution in [0.3, 0.4) is 0 Å². The van der Waals surface area contributed by atoms with Gasteiger partial charge in [0.25, 0.3) is 5.91 Å². The number of ether oxygens (including phenoxy) is 2. The van der Waals surface area contributed by atoms with E-state index in [1.165, 1.54) is 12.8 Å². The van der Waals surface area contributed by atoms with Gasteiger partial charge in [-0.15, -0.1) is 0 Å². The van der Waals surface area contributed by atoms with Crippen molar-refractivity contribution in [3.8, 4) is 11.5 Å². The van der Waals surface area contributed by atoms with Crippen LogP contribution in [0.2, 0.25) is 0 Å². The Hall–Kier alpha value is -2.47. The van der Waals surface area contributed by atoms with Gasteiger partial charge in [0, 0.05) is 6.54 Å². The van der Waals surface area contributed by atoms with E-state index in [0.717, 1.165) is 31.0 Å². The van der Waals surface area contributed by atoms with Gasteiger partial charge in [-0.3, -0.25) is 9.69 Å². The molecule has 1 aromatic carbocycles. The van der Waals surface area contributed by atoms with Gasteiger partial charge in [-0.05, 0) is 69.6 Å². The average Bonchev–Trinajstić information content (AvgIpc) is 3.34. The third-order valence-electron chi connectivity index (χ3n) is 4.52. The molecule has 1 aliphatic rings. The van der Waals surface area contributed by atoms with Crippen molar-refractivity contribution in [1.82, 2.24) is 10.2 Å². The summed E-state index contributed by atoms with van der Waals surface area (Å²) in [6, 6.07) is 9.32. The first-order valence-corrected chi connectivity index (χ1v) is 9.67. The van der Waals surface area contributed by atoms with E-state index < -0.39 is 0 Å². The molecule has 0 unspecified atom stereocenters. The third kappa shape index (κ3) is 5.26. The van der Waals surface area contributed by atoms with Gasteiger partial charge >= 0.3 is 0 Å². The molecule has 27 heavy (non-hydrogen) atoms. The molecular weight excluding hydrogens is 344 g/mol. The molecular formula is C21H28N2O4. The second-order valence-corrected chi connectivity index (χ2v) is 6.58. The number of hydrogen-bond acceptors (Lipinski definition) is 5. The molecule has 6 nitrogen and oxygen atoms in total. The molecule has 1 fully saturated rings. The highest BCUT2D eigenvalue weighted by atomic mass is 16.5. The Morgan fingerprint density at radius 2 is 1.81 bits per heavy atom. The molecule has 0 spiro atoms. The number of nitrogens with one attached hydrogen (secondary N) is 1. The van der Waals surface area contributed by atoms with Crippen LogP contribution in [-0.4, -0.2) is 37.1 Å². The fourth-order valence-electron chi connectivity index (χ4n) is 3.22. The van der Waals surface area contributed by atoms with Crippen LogP contribution in [0.25, 0.3) is 0 Å². The lowest BCUT2D eigenvalue weighted by atomic mass is 10.2. The average molecular weight is 372 g/mol.